The van der Waals surface area contributed by atoms with Gasteiger partial charge in [0, 0.05) is 17.0 Å². The number of hydrogen-bond acceptors (Lipinski definition) is 5. The third-order valence-corrected chi connectivity index (χ3v) is 7.20. The molecule has 2 heterocycles. The SMILES string of the molecule is NC(=O)C1C[C@@H](F)C[N+]1(Cc1cc(Cl)ccc1-n1cncn1)C(=O)[C@H](N)C1CCCCC1. The molecule has 2 aliphatic rings. The van der Waals surface area contributed by atoms with Gasteiger partial charge < -0.3 is 11.5 Å². The Labute approximate surface area is 191 Å². The number of quaternary nitrogens is 1. The maximum absolute atomic E-state index is 14.8. The van der Waals surface area contributed by atoms with E-state index in [1.165, 1.54) is 12.7 Å². The largest absolute Gasteiger partial charge is 0.364 e. The molecule has 2 aromatic rings. The van der Waals surface area contributed by atoms with Crippen molar-refractivity contribution in [1.29, 1.82) is 0 Å². The predicted octanol–water partition coefficient (Wildman–Crippen LogP) is 2.27. The third-order valence-electron chi connectivity index (χ3n) is 6.97. The summed E-state index contributed by atoms with van der Waals surface area (Å²) in [6.07, 6.45) is 6.36. The van der Waals surface area contributed by atoms with Crippen LogP contribution >= 0.6 is 11.6 Å². The second-order valence-electron chi connectivity index (χ2n) is 9.00. The van der Waals surface area contributed by atoms with E-state index in [2.05, 4.69) is 10.1 Å². The Hall–Kier alpha value is -2.36. The van der Waals surface area contributed by atoms with Crippen molar-refractivity contribution in [3.05, 3.63) is 41.4 Å². The zero-order chi connectivity index (χ0) is 22.9. The van der Waals surface area contributed by atoms with Gasteiger partial charge in [0.2, 0.25) is 0 Å². The van der Waals surface area contributed by atoms with Crippen molar-refractivity contribution >= 4 is 23.4 Å². The third kappa shape index (κ3) is 4.29. The van der Waals surface area contributed by atoms with Crippen LogP contribution in [0.1, 0.15) is 44.1 Å². The highest BCUT2D eigenvalue weighted by atomic mass is 35.5. The number of carbonyl (C=O) groups is 2. The number of halogens is 2. The van der Waals surface area contributed by atoms with Gasteiger partial charge in [-0.25, -0.2) is 23.3 Å². The summed E-state index contributed by atoms with van der Waals surface area (Å²) >= 11 is 6.27. The normalized spacial score (nSPS) is 27.3. The quantitative estimate of drug-likeness (QED) is 0.637. The van der Waals surface area contributed by atoms with E-state index in [1.807, 2.05) is 0 Å². The Balaban J connectivity index is 1.77. The second kappa shape index (κ2) is 9.25. The van der Waals surface area contributed by atoms with Crippen LogP contribution in [0.15, 0.2) is 30.9 Å². The molecule has 2 amide bonds. The molecule has 2 fully saturated rings. The molecule has 4 atom stereocenters. The Bertz CT molecular complexity index is 981. The molecular formula is C22H29ClFN6O2+. The fourth-order valence-corrected chi connectivity index (χ4v) is 5.58. The molecule has 172 valence electrons. The fraction of sp³-hybridized carbons (Fsp3) is 0.545. The fourth-order valence-electron chi connectivity index (χ4n) is 5.39. The van der Waals surface area contributed by atoms with E-state index >= 15 is 0 Å². The van der Waals surface area contributed by atoms with Crippen molar-refractivity contribution in [1.82, 2.24) is 14.8 Å². The summed E-state index contributed by atoms with van der Waals surface area (Å²) in [5.41, 5.74) is 13.5. The van der Waals surface area contributed by atoms with Gasteiger partial charge in [0.05, 0.1) is 5.69 Å². The minimum Gasteiger partial charge on any atom is -0.364 e. The first-order valence-electron chi connectivity index (χ1n) is 11.1. The number of nitrogens with zero attached hydrogens (tertiary/aromatic N) is 4. The highest BCUT2D eigenvalue weighted by Gasteiger charge is 2.57. The first-order valence-corrected chi connectivity index (χ1v) is 11.4. The molecule has 1 aromatic carbocycles. The summed E-state index contributed by atoms with van der Waals surface area (Å²) in [4.78, 5) is 30.3. The Kier molecular flexibility index (Phi) is 6.60. The molecule has 1 saturated carbocycles. The van der Waals surface area contributed by atoms with Crippen LogP contribution in [0.25, 0.3) is 5.69 Å². The highest BCUT2D eigenvalue weighted by molar-refractivity contribution is 6.30. The summed E-state index contributed by atoms with van der Waals surface area (Å²) in [5.74, 6) is -1.00. The number of alkyl halides is 1. The number of hydrogen-bond donors (Lipinski definition) is 2. The molecule has 0 spiro atoms. The van der Waals surface area contributed by atoms with Gasteiger partial charge in [-0.2, -0.15) is 5.10 Å². The number of aromatic nitrogens is 3. The number of nitrogens with two attached hydrogens (primary N) is 2. The maximum atomic E-state index is 14.8. The maximum Gasteiger partial charge on any atom is 0.331 e. The summed E-state index contributed by atoms with van der Waals surface area (Å²) < 4.78 is 15.9. The van der Waals surface area contributed by atoms with Crippen molar-refractivity contribution < 1.29 is 18.5 Å². The van der Waals surface area contributed by atoms with Gasteiger partial charge in [-0.1, -0.05) is 30.9 Å². The average Bonchev–Trinajstić information content (AvgIpc) is 3.42. The summed E-state index contributed by atoms with van der Waals surface area (Å²) in [6.45, 7) is -0.0980. The van der Waals surface area contributed by atoms with Gasteiger partial charge in [-0.05, 0) is 37.0 Å². The zero-order valence-corrected chi connectivity index (χ0v) is 18.6. The van der Waals surface area contributed by atoms with Crippen LogP contribution in [0, 0.1) is 5.92 Å². The second-order valence-corrected chi connectivity index (χ2v) is 9.44. The number of likely N-dealkylation sites (tertiary alicyclic amines) is 1. The molecule has 4 rings (SSSR count). The molecule has 10 heteroatoms. The molecule has 8 nitrogen and oxygen atoms in total. The average molecular weight is 464 g/mol. The highest BCUT2D eigenvalue weighted by Crippen LogP contribution is 2.37. The van der Waals surface area contributed by atoms with E-state index in [1.54, 1.807) is 22.9 Å². The lowest BCUT2D eigenvalue weighted by atomic mass is 9.83. The van der Waals surface area contributed by atoms with Crippen LogP contribution in [0.2, 0.25) is 5.02 Å². The molecular weight excluding hydrogens is 435 g/mol. The van der Waals surface area contributed by atoms with E-state index in [0.717, 1.165) is 32.1 Å². The minimum atomic E-state index is -1.33. The van der Waals surface area contributed by atoms with Crippen molar-refractivity contribution in [3.8, 4) is 5.69 Å². The standard InChI is InChI=1S/C22H28ClFN6O2/c23-16-6-7-18(29-13-27-12-28-29)15(8-16)10-30(11-17(24)9-19(30)21(26)31)22(32)20(25)14-4-2-1-3-5-14/h6-8,12-14,17,19-20H,1-5,9-11,25H2,(H-,26,31)/p+1/t17-,19?,20-,30?/m1/s1. The number of primary amides is 1. The predicted molar refractivity (Wildman–Crippen MR) is 117 cm³/mol. The van der Waals surface area contributed by atoms with Gasteiger partial charge in [0.15, 0.2) is 12.2 Å². The van der Waals surface area contributed by atoms with Crippen molar-refractivity contribution in [2.24, 2.45) is 17.4 Å². The summed E-state index contributed by atoms with van der Waals surface area (Å²) in [5, 5.41) is 4.63. The van der Waals surface area contributed by atoms with Crippen LogP contribution < -0.4 is 11.5 Å². The van der Waals surface area contributed by atoms with Gasteiger partial charge in [-0.3, -0.25) is 4.79 Å². The zero-order valence-electron chi connectivity index (χ0n) is 17.9. The van der Waals surface area contributed by atoms with E-state index < -0.39 is 28.6 Å². The topological polar surface area (TPSA) is 117 Å². The molecule has 32 heavy (non-hydrogen) atoms. The molecule has 0 bridgehead atoms. The number of benzene rings is 1. The lowest BCUT2D eigenvalue weighted by molar-refractivity contribution is -0.872. The van der Waals surface area contributed by atoms with Gasteiger partial charge in [0.25, 0.3) is 5.91 Å². The number of carbonyl (C=O) groups excluding carboxylic acids is 2. The lowest BCUT2D eigenvalue weighted by Crippen LogP contribution is -2.65. The molecule has 1 aliphatic carbocycles. The number of rotatable bonds is 6. The van der Waals surface area contributed by atoms with E-state index in [9.17, 15) is 14.0 Å². The molecule has 1 saturated heterocycles. The van der Waals surface area contributed by atoms with E-state index in [0.29, 0.717) is 16.3 Å². The Morgan fingerprint density at radius 2 is 2.03 bits per heavy atom. The molecule has 0 radical (unpaired) electrons. The smallest absolute Gasteiger partial charge is 0.331 e. The van der Waals surface area contributed by atoms with Gasteiger partial charge >= 0.3 is 5.91 Å². The van der Waals surface area contributed by atoms with Gasteiger partial charge in [-0.15, -0.1) is 0 Å². The summed E-state index contributed by atoms with van der Waals surface area (Å²) in [7, 11) is 0. The van der Waals surface area contributed by atoms with Crippen LogP contribution in [0.3, 0.4) is 0 Å². The Morgan fingerprint density at radius 3 is 2.69 bits per heavy atom. The summed E-state index contributed by atoms with van der Waals surface area (Å²) in [6, 6.07) is 3.40. The van der Waals surface area contributed by atoms with Crippen molar-refractivity contribution in [3.63, 3.8) is 0 Å². The van der Waals surface area contributed by atoms with Crippen LogP contribution in [0.4, 0.5) is 4.39 Å². The van der Waals surface area contributed by atoms with Crippen molar-refractivity contribution in [2.45, 2.75) is 63.3 Å². The lowest BCUT2D eigenvalue weighted by Gasteiger charge is -2.39. The van der Waals surface area contributed by atoms with Crippen LogP contribution in [-0.2, 0) is 16.1 Å². The van der Waals surface area contributed by atoms with Gasteiger partial charge in [0.1, 0.15) is 31.8 Å². The monoisotopic (exact) mass is 463 g/mol. The minimum absolute atomic E-state index is 0.0209. The first-order chi connectivity index (χ1) is 15.3. The molecule has 4 N–H and O–H groups in total. The first kappa shape index (κ1) is 22.8. The molecule has 1 aliphatic heterocycles. The number of amides is 2. The molecule has 2 unspecified atom stereocenters. The van der Waals surface area contributed by atoms with E-state index in [-0.39, 0.29) is 31.3 Å². The van der Waals surface area contributed by atoms with Crippen LogP contribution in [0.5, 0.6) is 0 Å². The van der Waals surface area contributed by atoms with Crippen LogP contribution in [-0.4, -0.2) is 55.9 Å². The van der Waals surface area contributed by atoms with Crippen molar-refractivity contribution in [2.75, 3.05) is 6.54 Å². The molecule has 1 aromatic heterocycles. The van der Waals surface area contributed by atoms with E-state index in [4.69, 9.17) is 23.1 Å². The Morgan fingerprint density at radius 1 is 1.28 bits per heavy atom.